The van der Waals surface area contributed by atoms with E-state index in [0.717, 1.165) is 38.4 Å². The van der Waals surface area contributed by atoms with Gasteiger partial charge in [-0.2, -0.15) is 0 Å². The van der Waals surface area contributed by atoms with Gasteiger partial charge < -0.3 is 19.0 Å². The van der Waals surface area contributed by atoms with Crippen LogP contribution in [0.1, 0.15) is 37.7 Å². The first kappa shape index (κ1) is 18.3. The molecule has 3 rings (SSSR count). The van der Waals surface area contributed by atoms with Crippen molar-refractivity contribution in [3.8, 4) is 0 Å². The predicted octanol–water partition coefficient (Wildman–Crippen LogP) is 3.90. The topological polar surface area (TPSA) is 44.8 Å². The molecule has 1 spiro atoms. The van der Waals surface area contributed by atoms with Gasteiger partial charge in [-0.25, -0.2) is 0 Å². The zero-order valence-corrected chi connectivity index (χ0v) is 14.8. The molecule has 25 heavy (non-hydrogen) atoms. The van der Waals surface area contributed by atoms with Crippen LogP contribution in [0.25, 0.3) is 0 Å². The molecule has 1 heterocycles. The summed E-state index contributed by atoms with van der Waals surface area (Å²) in [5, 5.41) is 0. The van der Waals surface area contributed by atoms with E-state index in [1.807, 2.05) is 18.2 Å². The lowest BCUT2D eigenvalue weighted by Gasteiger charge is -2.39. The predicted molar refractivity (Wildman–Crippen MR) is 96.0 cm³/mol. The minimum Gasteiger partial charge on any atom is -0.373 e. The number of allylic oxidation sites excluding steroid dienone is 1. The summed E-state index contributed by atoms with van der Waals surface area (Å²) in [6, 6.07) is 10.2. The number of rotatable bonds is 8. The van der Waals surface area contributed by atoms with Gasteiger partial charge >= 0.3 is 0 Å². The molecule has 1 saturated carbocycles. The van der Waals surface area contributed by atoms with Crippen LogP contribution in [0.3, 0.4) is 0 Å². The van der Waals surface area contributed by atoms with E-state index in [1.54, 1.807) is 0 Å². The lowest BCUT2D eigenvalue weighted by Crippen LogP contribution is -2.40. The van der Waals surface area contributed by atoms with Gasteiger partial charge in [-0.05, 0) is 30.7 Å². The zero-order valence-electron chi connectivity index (χ0n) is 14.8. The molecule has 0 N–H and O–H groups in total. The average molecular weight is 344 g/mol. The van der Waals surface area contributed by atoms with Gasteiger partial charge in [0, 0.05) is 18.8 Å². The van der Waals surface area contributed by atoms with E-state index in [1.165, 1.54) is 5.56 Å². The maximum absolute atomic E-state index is 11.4. The third kappa shape index (κ3) is 5.24. The van der Waals surface area contributed by atoms with Gasteiger partial charge in [-0.1, -0.05) is 42.5 Å². The highest BCUT2D eigenvalue weighted by Crippen LogP contribution is 2.42. The summed E-state index contributed by atoms with van der Waals surface area (Å²) in [5.41, 5.74) is 1.19. The van der Waals surface area contributed by atoms with Gasteiger partial charge in [0.05, 0.1) is 26.4 Å². The van der Waals surface area contributed by atoms with Crippen LogP contribution in [0.4, 0.5) is 0 Å². The van der Waals surface area contributed by atoms with E-state index >= 15 is 0 Å². The number of carbonyl (C=O) groups is 1. The average Bonchev–Trinajstić information content (AvgIpc) is 3.10. The van der Waals surface area contributed by atoms with Crippen LogP contribution in [0.5, 0.6) is 0 Å². The van der Waals surface area contributed by atoms with Gasteiger partial charge in [0.25, 0.3) is 0 Å². The molecule has 4 heteroatoms. The fraction of sp³-hybridized carbons (Fsp3) is 0.571. The standard InChI is InChI=1S/C21H28O4/c22-16-20-10-11-21(24-13-14-25-21)15-19(20)9-5-2-6-12-23-17-18-7-3-1-4-8-18/h1-4,6-8,16,19-20H,5,9-15,17H2/b6-2-/t19-,20+/m0/s1. The molecule has 0 amide bonds. The molecule has 1 aromatic carbocycles. The second-order valence-corrected chi connectivity index (χ2v) is 6.96. The summed E-state index contributed by atoms with van der Waals surface area (Å²) in [5.74, 6) is 0.0764. The number of hydrogen-bond acceptors (Lipinski definition) is 4. The Hall–Kier alpha value is -1.49. The molecule has 2 fully saturated rings. The van der Waals surface area contributed by atoms with E-state index in [0.29, 0.717) is 32.3 Å². The fourth-order valence-corrected chi connectivity index (χ4v) is 3.84. The summed E-state index contributed by atoms with van der Waals surface area (Å²) in [4.78, 5) is 11.4. The van der Waals surface area contributed by atoms with Crippen LogP contribution in [-0.4, -0.2) is 31.9 Å². The zero-order chi connectivity index (χ0) is 17.4. The SMILES string of the molecule is O=C[C@H]1CCC2(C[C@@H]1CC/C=C\COCc1ccccc1)OCCO2. The molecular formula is C21H28O4. The highest BCUT2D eigenvalue weighted by molar-refractivity contribution is 5.54. The molecule has 0 radical (unpaired) electrons. The monoisotopic (exact) mass is 344 g/mol. The third-order valence-corrected chi connectivity index (χ3v) is 5.22. The number of benzene rings is 1. The highest BCUT2D eigenvalue weighted by Gasteiger charge is 2.44. The Bertz CT molecular complexity index is 548. The molecule has 0 bridgehead atoms. The second-order valence-electron chi connectivity index (χ2n) is 6.96. The maximum atomic E-state index is 11.4. The lowest BCUT2D eigenvalue weighted by atomic mass is 9.75. The first-order valence-electron chi connectivity index (χ1n) is 9.31. The Morgan fingerprint density at radius 1 is 1.16 bits per heavy atom. The van der Waals surface area contributed by atoms with Crippen molar-refractivity contribution in [3.05, 3.63) is 48.0 Å². The summed E-state index contributed by atoms with van der Waals surface area (Å²) in [6.45, 7) is 2.61. The smallest absolute Gasteiger partial charge is 0.168 e. The summed E-state index contributed by atoms with van der Waals surface area (Å²) < 4.78 is 17.3. The van der Waals surface area contributed by atoms with Crippen LogP contribution >= 0.6 is 0 Å². The molecular weight excluding hydrogens is 316 g/mol. The van der Waals surface area contributed by atoms with Crippen molar-refractivity contribution in [3.63, 3.8) is 0 Å². The van der Waals surface area contributed by atoms with E-state index in [4.69, 9.17) is 14.2 Å². The summed E-state index contributed by atoms with van der Waals surface area (Å²) >= 11 is 0. The van der Waals surface area contributed by atoms with Crippen molar-refractivity contribution >= 4 is 6.29 Å². The van der Waals surface area contributed by atoms with Crippen LogP contribution in [-0.2, 0) is 25.6 Å². The van der Waals surface area contributed by atoms with Crippen LogP contribution < -0.4 is 0 Å². The molecule has 1 saturated heterocycles. The highest BCUT2D eigenvalue weighted by atomic mass is 16.7. The quantitative estimate of drug-likeness (QED) is 0.408. The Morgan fingerprint density at radius 2 is 1.96 bits per heavy atom. The van der Waals surface area contributed by atoms with Gasteiger partial charge in [0.15, 0.2) is 5.79 Å². The minimum atomic E-state index is -0.410. The molecule has 136 valence electrons. The van der Waals surface area contributed by atoms with Crippen molar-refractivity contribution in [1.82, 2.24) is 0 Å². The van der Waals surface area contributed by atoms with Crippen molar-refractivity contribution in [1.29, 1.82) is 0 Å². The van der Waals surface area contributed by atoms with Crippen molar-refractivity contribution in [2.45, 2.75) is 44.5 Å². The van der Waals surface area contributed by atoms with Gasteiger partial charge in [0.1, 0.15) is 6.29 Å². The Labute approximate surface area is 150 Å². The van der Waals surface area contributed by atoms with E-state index in [9.17, 15) is 4.79 Å². The fourth-order valence-electron chi connectivity index (χ4n) is 3.84. The molecule has 1 aromatic rings. The number of ether oxygens (including phenoxy) is 3. The molecule has 1 aliphatic heterocycles. The molecule has 2 aliphatic rings. The minimum absolute atomic E-state index is 0.140. The van der Waals surface area contributed by atoms with Crippen molar-refractivity contribution < 1.29 is 19.0 Å². The lowest BCUT2D eigenvalue weighted by molar-refractivity contribution is -0.194. The van der Waals surface area contributed by atoms with Crippen LogP contribution in [0, 0.1) is 11.8 Å². The number of carbonyl (C=O) groups excluding carboxylic acids is 1. The molecule has 0 aromatic heterocycles. The van der Waals surface area contributed by atoms with E-state index < -0.39 is 5.79 Å². The van der Waals surface area contributed by atoms with Crippen molar-refractivity contribution in [2.75, 3.05) is 19.8 Å². The first-order valence-corrected chi connectivity index (χ1v) is 9.31. The Morgan fingerprint density at radius 3 is 2.72 bits per heavy atom. The Balaban J connectivity index is 1.37. The number of aldehydes is 1. The third-order valence-electron chi connectivity index (χ3n) is 5.22. The Kier molecular flexibility index (Phi) is 6.79. The maximum Gasteiger partial charge on any atom is 0.168 e. The van der Waals surface area contributed by atoms with E-state index in [-0.39, 0.29) is 5.92 Å². The molecule has 1 aliphatic carbocycles. The van der Waals surface area contributed by atoms with Gasteiger partial charge in [-0.15, -0.1) is 0 Å². The first-order chi connectivity index (χ1) is 12.3. The molecule has 4 nitrogen and oxygen atoms in total. The number of hydrogen-bond donors (Lipinski definition) is 0. The molecule has 2 atom stereocenters. The largest absolute Gasteiger partial charge is 0.373 e. The van der Waals surface area contributed by atoms with Gasteiger partial charge in [-0.3, -0.25) is 0 Å². The normalized spacial score (nSPS) is 25.6. The summed E-state index contributed by atoms with van der Waals surface area (Å²) in [7, 11) is 0. The van der Waals surface area contributed by atoms with Gasteiger partial charge in [0.2, 0.25) is 0 Å². The second kappa shape index (κ2) is 9.27. The summed E-state index contributed by atoms with van der Waals surface area (Å²) in [6.07, 6.45) is 9.86. The van der Waals surface area contributed by atoms with Crippen LogP contribution in [0.2, 0.25) is 0 Å². The van der Waals surface area contributed by atoms with E-state index in [2.05, 4.69) is 24.3 Å². The molecule has 0 unspecified atom stereocenters. The van der Waals surface area contributed by atoms with Crippen LogP contribution in [0.15, 0.2) is 42.5 Å². The van der Waals surface area contributed by atoms with Crippen molar-refractivity contribution in [2.24, 2.45) is 11.8 Å².